The fourth-order valence-electron chi connectivity index (χ4n) is 2.19. The van der Waals surface area contributed by atoms with Gasteiger partial charge < -0.3 is 10.2 Å². The van der Waals surface area contributed by atoms with Crippen LogP contribution in [0.25, 0.3) is 10.8 Å². The Morgan fingerprint density at radius 2 is 1.63 bits per heavy atom. The number of phenols is 2. The number of nitrogens with zero attached hydrogens (tertiary/aromatic N) is 1. The van der Waals surface area contributed by atoms with Crippen molar-refractivity contribution in [3.8, 4) is 11.5 Å². The average molecular weight is 251 g/mol. The van der Waals surface area contributed by atoms with Gasteiger partial charge >= 0.3 is 0 Å². The molecule has 1 aromatic heterocycles. The fourth-order valence-corrected chi connectivity index (χ4v) is 2.19. The van der Waals surface area contributed by atoms with Crippen LogP contribution in [0, 0.1) is 0 Å². The van der Waals surface area contributed by atoms with Gasteiger partial charge in [0.25, 0.3) is 0 Å². The summed E-state index contributed by atoms with van der Waals surface area (Å²) in [6, 6.07) is 15.0. The van der Waals surface area contributed by atoms with Crippen LogP contribution in [-0.2, 0) is 6.42 Å². The van der Waals surface area contributed by atoms with E-state index in [1.165, 1.54) is 0 Å². The summed E-state index contributed by atoms with van der Waals surface area (Å²) in [7, 11) is 0. The molecule has 0 bridgehead atoms. The van der Waals surface area contributed by atoms with Gasteiger partial charge in [-0.05, 0) is 29.1 Å². The third kappa shape index (κ3) is 2.22. The molecule has 3 nitrogen and oxygen atoms in total. The maximum absolute atomic E-state index is 9.63. The highest BCUT2D eigenvalue weighted by Gasteiger charge is 2.07. The Labute approximate surface area is 110 Å². The van der Waals surface area contributed by atoms with Gasteiger partial charge in [-0.2, -0.15) is 0 Å². The number of phenolic OH excluding ortho intramolecular Hbond substituents is 2. The van der Waals surface area contributed by atoms with Gasteiger partial charge in [0, 0.05) is 18.0 Å². The van der Waals surface area contributed by atoms with Gasteiger partial charge in [0.2, 0.25) is 0 Å². The topological polar surface area (TPSA) is 53.4 Å². The van der Waals surface area contributed by atoms with Crippen molar-refractivity contribution in [2.45, 2.75) is 6.42 Å². The second-order valence-corrected chi connectivity index (χ2v) is 4.48. The molecule has 2 aromatic carbocycles. The Morgan fingerprint density at radius 1 is 0.895 bits per heavy atom. The minimum absolute atomic E-state index is 0.107. The molecule has 0 unspecified atom stereocenters. The van der Waals surface area contributed by atoms with Crippen LogP contribution in [-0.4, -0.2) is 15.2 Å². The van der Waals surface area contributed by atoms with Crippen molar-refractivity contribution in [2.24, 2.45) is 0 Å². The second kappa shape index (κ2) is 4.61. The molecule has 0 amide bonds. The van der Waals surface area contributed by atoms with Crippen molar-refractivity contribution in [1.29, 1.82) is 0 Å². The minimum atomic E-state index is -0.116. The summed E-state index contributed by atoms with van der Waals surface area (Å²) < 4.78 is 0. The van der Waals surface area contributed by atoms with E-state index in [9.17, 15) is 10.2 Å². The molecule has 0 aliphatic carbocycles. The van der Waals surface area contributed by atoms with E-state index in [1.54, 1.807) is 18.3 Å². The first-order valence-corrected chi connectivity index (χ1v) is 6.07. The summed E-state index contributed by atoms with van der Waals surface area (Å²) in [5.74, 6) is -0.223. The molecule has 3 rings (SSSR count). The molecule has 1 heterocycles. The molecule has 0 saturated carbocycles. The molecule has 94 valence electrons. The van der Waals surface area contributed by atoms with Crippen molar-refractivity contribution in [1.82, 2.24) is 4.98 Å². The number of aromatic hydroxyl groups is 2. The number of pyridine rings is 1. The molecule has 0 fully saturated rings. The van der Waals surface area contributed by atoms with Crippen molar-refractivity contribution in [2.75, 3.05) is 0 Å². The number of hydrogen-bond acceptors (Lipinski definition) is 3. The number of hydrogen-bond donors (Lipinski definition) is 2. The third-order valence-electron chi connectivity index (χ3n) is 3.16. The highest BCUT2D eigenvalue weighted by molar-refractivity contribution is 5.87. The summed E-state index contributed by atoms with van der Waals surface area (Å²) >= 11 is 0. The van der Waals surface area contributed by atoms with Gasteiger partial charge in [0.1, 0.15) is 0 Å². The van der Waals surface area contributed by atoms with Crippen LogP contribution in [0.2, 0.25) is 0 Å². The van der Waals surface area contributed by atoms with Crippen LogP contribution in [0.3, 0.4) is 0 Å². The quantitative estimate of drug-likeness (QED) is 0.687. The van der Waals surface area contributed by atoms with E-state index < -0.39 is 0 Å². The van der Waals surface area contributed by atoms with Crippen LogP contribution in [0.4, 0.5) is 0 Å². The first-order chi connectivity index (χ1) is 9.24. The van der Waals surface area contributed by atoms with E-state index in [4.69, 9.17) is 0 Å². The monoisotopic (exact) mass is 251 g/mol. The first-order valence-electron chi connectivity index (χ1n) is 6.07. The molecular formula is C16H13NO2. The summed E-state index contributed by atoms with van der Waals surface area (Å²) in [4.78, 5) is 4.38. The van der Waals surface area contributed by atoms with Crippen LogP contribution in [0.15, 0.2) is 54.7 Å². The standard InChI is InChI=1S/C16H13NO2/c18-15-9-12-6-7-17-14(13(12)10-16(15)19)8-11-4-2-1-3-5-11/h1-7,9-10,18-19H,8H2. The largest absolute Gasteiger partial charge is 0.504 e. The molecule has 0 aliphatic rings. The molecule has 3 heteroatoms. The van der Waals surface area contributed by atoms with Crippen molar-refractivity contribution >= 4 is 10.8 Å². The molecule has 3 aromatic rings. The van der Waals surface area contributed by atoms with Gasteiger partial charge in [0.15, 0.2) is 11.5 Å². The molecule has 0 aliphatic heterocycles. The summed E-state index contributed by atoms with van der Waals surface area (Å²) in [5.41, 5.74) is 2.05. The zero-order valence-corrected chi connectivity index (χ0v) is 10.2. The van der Waals surface area contributed by atoms with Gasteiger partial charge in [0.05, 0.1) is 5.69 Å². The third-order valence-corrected chi connectivity index (χ3v) is 3.16. The number of aromatic nitrogens is 1. The average Bonchev–Trinajstić information content (AvgIpc) is 2.42. The highest BCUT2D eigenvalue weighted by atomic mass is 16.3. The van der Waals surface area contributed by atoms with E-state index in [-0.39, 0.29) is 11.5 Å². The maximum atomic E-state index is 9.63. The van der Waals surface area contributed by atoms with Crippen LogP contribution in [0.1, 0.15) is 11.3 Å². The second-order valence-electron chi connectivity index (χ2n) is 4.48. The van der Waals surface area contributed by atoms with E-state index in [1.807, 2.05) is 36.4 Å². The van der Waals surface area contributed by atoms with Crippen molar-refractivity contribution < 1.29 is 10.2 Å². The lowest BCUT2D eigenvalue weighted by Crippen LogP contribution is -1.93. The molecule has 0 atom stereocenters. The van der Waals surface area contributed by atoms with Gasteiger partial charge in [-0.1, -0.05) is 30.3 Å². The lowest BCUT2D eigenvalue weighted by Gasteiger charge is -2.07. The minimum Gasteiger partial charge on any atom is -0.504 e. The molecule has 2 N–H and O–H groups in total. The maximum Gasteiger partial charge on any atom is 0.158 e. The van der Waals surface area contributed by atoms with Crippen LogP contribution < -0.4 is 0 Å². The normalized spacial score (nSPS) is 10.7. The zero-order chi connectivity index (χ0) is 13.2. The Bertz CT molecular complexity index is 723. The molecular weight excluding hydrogens is 238 g/mol. The summed E-state index contributed by atoms with van der Waals surface area (Å²) in [6.45, 7) is 0. The van der Waals surface area contributed by atoms with E-state index >= 15 is 0 Å². The lowest BCUT2D eigenvalue weighted by atomic mass is 10.0. The Kier molecular flexibility index (Phi) is 2.80. The summed E-state index contributed by atoms with van der Waals surface area (Å²) in [5, 5.41) is 20.9. The highest BCUT2D eigenvalue weighted by Crippen LogP contribution is 2.31. The lowest BCUT2D eigenvalue weighted by molar-refractivity contribution is 0.405. The molecule has 0 radical (unpaired) electrons. The fraction of sp³-hybridized carbons (Fsp3) is 0.0625. The van der Waals surface area contributed by atoms with E-state index in [0.717, 1.165) is 22.0 Å². The molecule has 19 heavy (non-hydrogen) atoms. The number of fused-ring (bicyclic) bond motifs is 1. The SMILES string of the molecule is Oc1cc2ccnc(Cc3ccccc3)c2cc1O. The van der Waals surface area contributed by atoms with Crippen LogP contribution >= 0.6 is 0 Å². The van der Waals surface area contributed by atoms with Gasteiger partial charge in [-0.15, -0.1) is 0 Å². The Balaban J connectivity index is 2.11. The molecule has 0 saturated heterocycles. The smallest absolute Gasteiger partial charge is 0.158 e. The van der Waals surface area contributed by atoms with Crippen molar-refractivity contribution in [3.63, 3.8) is 0 Å². The first kappa shape index (κ1) is 11.5. The predicted molar refractivity (Wildman–Crippen MR) is 74.3 cm³/mol. The molecule has 0 spiro atoms. The Morgan fingerprint density at radius 3 is 2.42 bits per heavy atom. The summed E-state index contributed by atoms with van der Waals surface area (Å²) in [6.07, 6.45) is 2.42. The Hall–Kier alpha value is -2.55. The predicted octanol–water partition coefficient (Wildman–Crippen LogP) is 3.24. The zero-order valence-electron chi connectivity index (χ0n) is 10.2. The van der Waals surface area contributed by atoms with E-state index in [0.29, 0.717) is 6.42 Å². The van der Waals surface area contributed by atoms with Crippen LogP contribution in [0.5, 0.6) is 11.5 Å². The van der Waals surface area contributed by atoms with E-state index in [2.05, 4.69) is 4.98 Å². The van der Waals surface area contributed by atoms with Crippen molar-refractivity contribution in [3.05, 3.63) is 66.0 Å². The number of benzene rings is 2. The number of rotatable bonds is 2. The van der Waals surface area contributed by atoms with Gasteiger partial charge in [-0.25, -0.2) is 0 Å². The van der Waals surface area contributed by atoms with Gasteiger partial charge in [-0.3, -0.25) is 4.98 Å².